The molecule has 0 amide bonds. The van der Waals surface area contributed by atoms with E-state index in [2.05, 4.69) is 0 Å². The maximum atomic E-state index is 11.8. The molecule has 3 aromatic rings. The van der Waals surface area contributed by atoms with Crippen LogP contribution in [0.5, 0.6) is 5.75 Å². The topological polar surface area (TPSA) is 35.5 Å². The van der Waals surface area contributed by atoms with Gasteiger partial charge in [-0.05, 0) is 35.4 Å². The van der Waals surface area contributed by atoms with Gasteiger partial charge >= 0.3 is 5.97 Å². The van der Waals surface area contributed by atoms with Crippen molar-refractivity contribution >= 4 is 23.6 Å². The lowest BCUT2D eigenvalue weighted by molar-refractivity contribution is -0.138. The summed E-state index contributed by atoms with van der Waals surface area (Å²) in [6, 6.07) is 24.6. The summed E-state index contributed by atoms with van der Waals surface area (Å²) in [6.07, 6.45) is 3.13. The van der Waals surface area contributed by atoms with Gasteiger partial charge in [0, 0.05) is 16.7 Å². The van der Waals surface area contributed by atoms with Crippen molar-refractivity contribution in [2.24, 2.45) is 0 Å². The molecule has 0 atom stereocenters. The van der Waals surface area contributed by atoms with E-state index in [9.17, 15) is 4.79 Å². The largest absolute Gasteiger partial charge is 0.489 e. The van der Waals surface area contributed by atoms with E-state index in [4.69, 9.17) is 21.1 Å². The Hall–Kier alpha value is -3.04. The van der Waals surface area contributed by atoms with Crippen molar-refractivity contribution in [2.75, 3.05) is 0 Å². The van der Waals surface area contributed by atoms with Crippen molar-refractivity contribution in [1.82, 2.24) is 0 Å². The van der Waals surface area contributed by atoms with Gasteiger partial charge < -0.3 is 9.47 Å². The van der Waals surface area contributed by atoms with Crippen molar-refractivity contribution in [3.63, 3.8) is 0 Å². The fourth-order valence-electron chi connectivity index (χ4n) is 2.39. The van der Waals surface area contributed by atoms with Gasteiger partial charge in [-0.1, -0.05) is 72.3 Å². The van der Waals surface area contributed by atoms with Gasteiger partial charge in [0.2, 0.25) is 0 Å². The summed E-state index contributed by atoms with van der Waals surface area (Å²) in [5.41, 5.74) is 2.78. The van der Waals surface area contributed by atoms with E-state index in [-0.39, 0.29) is 12.6 Å². The average Bonchev–Trinajstić information content (AvgIpc) is 2.72. The molecule has 27 heavy (non-hydrogen) atoms. The zero-order chi connectivity index (χ0) is 18.9. The number of carbonyl (C=O) groups is 1. The minimum atomic E-state index is -0.377. The zero-order valence-corrected chi connectivity index (χ0v) is 15.4. The third-order valence-corrected chi connectivity index (χ3v) is 4.24. The molecule has 0 radical (unpaired) electrons. The van der Waals surface area contributed by atoms with Crippen molar-refractivity contribution in [2.45, 2.75) is 13.2 Å². The minimum Gasteiger partial charge on any atom is -0.489 e. The molecule has 4 heteroatoms. The molecule has 0 aliphatic heterocycles. The van der Waals surface area contributed by atoms with Crippen LogP contribution in [-0.2, 0) is 22.7 Å². The molecule has 0 unspecified atom stereocenters. The molecule has 0 aliphatic rings. The van der Waals surface area contributed by atoms with Gasteiger partial charge in [-0.15, -0.1) is 0 Å². The Kier molecular flexibility index (Phi) is 6.66. The maximum Gasteiger partial charge on any atom is 0.331 e. The fraction of sp³-hybridized carbons (Fsp3) is 0.0870. The summed E-state index contributed by atoms with van der Waals surface area (Å²) in [5.74, 6) is 0.358. The number of hydrogen-bond acceptors (Lipinski definition) is 3. The van der Waals surface area contributed by atoms with E-state index in [0.717, 1.165) is 22.4 Å². The van der Waals surface area contributed by atoms with Crippen LogP contribution in [0.1, 0.15) is 16.7 Å². The molecule has 3 nitrogen and oxygen atoms in total. The number of ether oxygens (including phenoxy) is 2. The molecular weight excluding hydrogens is 360 g/mol. The highest BCUT2D eigenvalue weighted by Gasteiger charge is 2.01. The van der Waals surface area contributed by atoms with Crippen LogP contribution in [-0.4, -0.2) is 5.97 Å². The van der Waals surface area contributed by atoms with Crippen molar-refractivity contribution in [1.29, 1.82) is 0 Å². The summed E-state index contributed by atoms with van der Waals surface area (Å²) >= 11 is 6.12. The summed E-state index contributed by atoms with van der Waals surface area (Å²) in [4.78, 5) is 11.8. The Bertz CT molecular complexity index is 902. The summed E-state index contributed by atoms with van der Waals surface area (Å²) in [6.45, 7) is 0.666. The average molecular weight is 379 g/mol. The fourth-order valence-corrected chi connectivity index (χ4v) is 2.58. The summed E-state index contributed by atoms with van der Waals surface area (Å²) in [5, 5.41) is 0.686. The molecule has 0 saturated heterocycles. The van der Waals surface area contributed by atoms with Crippen LogP contribution in [0.3, 0.4) is 0 Å². The molecule has 0 heterocycles. The first-order valence-electron chi connectivity index (χ1n) is 8.56. The van der Waals surface area contributed by atoms with Crippen LogP contribution in [0.25, 0.3) is 6.08 Å². The second-order valence-corrected chi connectivity index (χ2v) is 6.28. The van der Waals surface area contributed by atoms with Gasteiger partial charge in [0.1, 0.15) is 19.0 Å². The van der Waals surface area contributed by atoms with Crippen molar-refractivity contribution in [3.8, 4) is 5.75 Å². The second-order valence-electron chi connectivity index (χ2n) is 5.88. The molecule has 0 aliphatic carbocycles. The van der Waals surface area contributed by atoms with Crippen LogP contribution in [0.15, 0.2) is 84.9 Å². The Morgan fingerprint density at radius 2 is 1.56 bits per heavy atom. The zero-order valence-electron chi connectivity index (χ0n) is 14.7. The van der Waals surface area contributed by atoms with Crippen molar-refractivity contribution in [3.05, 3.63) is 107 Å². The van der Waals surface area contributed by atoms with E-state index >= 15 is 0 Å². The Balaban J connectivity index is 1.49. The Morgan fingerprint density at radius 1 is 0.852 bits per heavy atom. The molecule has 0 aromatic heterocycles. The Morgan fingerprint density at radius 3 is 2.30 bits per heavy atom. The number of benzene rings is 3. The predicted molar refractivity (Wildman–Crippen MR) is 107 cm³/mol. The molecule has 0 bridgehead atoms. The van der Waals surface area contributed by atoms with Crippen LogP contribution < -0.4 is 4.74 Å². The number of halogens is 1. The highest BCUT2D eigenvalue weighted by Crippen LogP contribution is 2.19. The van der Waals surface area contributed by atoms with Gasteiger partial charge in [-0.3, -0.25) is 0 Å². The third kappa shape index (κ3) is 6.01. The maximum absolute atomic E-state index is 11.8. The van der Waals surface area contributed by atoms with Crippen LogP contribution in [0, 0.1) is 0 Å². The second kappa shape index (κ2) is 9.60. The van der Waals surface area contributed by atoms with Crippen molar-refractivity contribution < 1.29 is 14.3 Å². The number of rotatable bonds is 7. The molecule has 136 valence electrons. The molecule has 0 fully saturated rings. The van der Waals surface area contributed by atoms with E-state index in [1.54, 1.807) is 6.08 Å². The minimum absolute atomic E-state index is 0.263. The summed E-state index contributed by atoms with van der Waals surface area (Å²) < 4.78 is 11.0. The standard InChI is InChI=1S/C23H19ClO3/c24-22-9-5-4-8-20(22)17-26-21-13-10-18(11-14-21)12-15-23(25)27-16-19-6-2-1-3-7-19/h1-15H,16-17H2. The van der Waals surface area contributed by atoms with Gasteiger partial charge in [0.05, 0.1) is 0 Å². The molecule has 0 spiro atoms. The van der Waals surface area contributed by atoms with E-state index < -0.39 is 0 Å². The number of hydrogen-bond donors (Lipinski definition) is 0. The van der Waals surface area contributed by atoms with Gasteiger partial charge in [-0.25, -0.2) is 4.79 Å². The number of esters is 1. The first kappa shape index (κ1) is 18.7. The normalized spacial score (nSPS) is 10.7. The summed E-state index contributed by atoms with van der Waals surface area (Å²) in [7, 11) is 0. The van der Waals surface area contributed by atoms with Gasteiger partial charge in [0.25, 0.3) is 0 Å². The smallest absolute Gasteiger partial charge is 0.331 e. The predicted octanol–water partition coefficient (Wildman–Crippen LogP) is 5.68. The molecule has 0 N–H and O–H groups in total. The number of carbonyl (C=O) groups excluding carboxylic acids is 1. The van der Waals surface area contributed by atoms with Crippen LogP contribution in [0.4, 0.5) is 0 Å². The van der Waals surface area contributed by atoms with Crippen LogP contribution in [0.2, 0.25) is 5.02 Å². The van der Waals surface area contributed by atoms with Gasteiger partial charge in [0.15, 0.2) is 0 Å². The SMILES string of the molecule is O=C(C=Cc1ccc(OCc2ccccc2Cl)cc1)OCc1ccccc1. The Labute approximate surface area is 163 Å². The highest BCUT2D eigenvalue weighted by atomic mass is 35.5. The molecule has 0 saturated carbocycles. The lowest BCUT2D eigenvalue weighted by Crippen LogP contribution is -2.00. The molecular formula is C23H19ClO3. The monoisotopic (exact) mass is 378 g/mol. The lowest BCUT2D eigenvalue weighted by Gasteiger charge is -2.07. The molecule has 3 rings (SSSR count). The first-order valence-corrected chi connectivity index (χ1v) is 8.93. The van der Waals surface area contributed by atoms with E-state index in [1.165, 1.54) is 6.08 Å². The highest BCUT2D eigenvalue weighted by molar-refractivity contribution is 6.31. The van der Waals surface area contributed by atoms with E-state index in [0.29, 0.717) is 11.6 Å². The van der Waals surface area contributed by atoms with Gasteiger partial charge in [-0.2, -0.15) is 0 Å². The third-order valence-electron chi connectivity index (χ3n) is 3.87. The lowest BCUT2D eigenvalue weighted by atomic mass is 10.2. The van der Waals surface area contributed by atoms with E-state index in [1.807, 2.05) is 78.9 Å². The molecule has 3 aromatic carbocycles. The van der Waals surface area contributed by atoms with Crippen LogP contribution >= 0.6 is 11.6 Å². The quantitative estimate of drug-likeness (QED) is 0.392. The first-order chi connectivity index (χ1) is 13.2.